The number of thiazole rings is 1. The molecule has 7 nitrogen and oxygen atoms in total. The van der Waals surface area contributed by atoms with Crippen molar-refractivity contribution in [3.05, 3.63) is 35.7 Å². The van der Waals surface area contributed by atoms with Gasteiger partial charge in [0, 0.05) is 7.05 Å². The van der Waals surface area contributed by atoms with Crippen molar-refractivity contribution in [2.75, 3.05) is 25.5 Å². The van der Waals surface area contributed by atoms with Crippen LogP contribution in [0.25, 0.3) is 10.2 Å². The molecule has 138 valence electrons. The van der Waals surface area contributed by atoms with E-state index in [4.69, 9.17) is 4.74 Å². The monoisotopic (exact) mass is 411 g/mol. The molecule has 2 heterocycles. The first-order valence-electron chi connectivity index (χ1n) is 7.73. The van der Waals surface area contributed by atoms with Crippen LogP contribution in [0.3, 0.4) is 0 Å². The maximum atomic E-state index is 12.4. The van der Waals surface area contributed by atoms with Gasteiger partial charge in [0.1, 0.15) is 9.96 Å². The van der Waals surface area contributed by atoms with Gasteiger partial charge in [0.25, 0.3) is 10.0 Å². The van der Waals surface area contributed by atoms with Crippen molar-refractivity contribution >= 4 is 54.0 Å². The van der Waals surface area contributed by atoms with E-state index in [2.05, 4.69) is 10.3 Å². The average Bonchev–Trinajstić information content (AvgIpc) is 3.23. The summed E-state index contributed by atoms with van der Waals surface area (Å²) in [6.45, 7) is 2.18. The van der Waals surface area contributed by atoms with Crippen LogP contribution in [-0.4, -0.2) is 43.8 Å². The summed E-state index contributed by atoms with van der Waals surface area (Å²) in [4.78, 5) is 16.6. The molecular weight excluding hydrogens is 394 g/mol. The zero-order valence-corrected chi connectivity index (χ0v) is 16.6. The number of nitrogens with zero attached hydrogens (tertiary/aromatic N) is 2. The number of hydrogen-bond acceptors (Lipinski definition) is 7. The number of carbonyl (C=O) groups is 1. The van der Waals surface area contributed by atoms with Gasteiger partial charge in [-0.3, -0.25) is 4.79 Å². The molecule has 0 spiro atoms. The van der Waals surface area contributed by atoms with Crippen LogP contribution in [0.15, 0.2) is 39.9 Å². The van der Waals surface area contributed by atoms with Crippen molar-refractivity contribution in [1.29, 1.82) is 0 Å². The summed E-state index contributed by atoms with van der Waals surface area (Å²) in [5, 5.41) is 4.75. The van der Waals surface area contributed by atoms with E-state index in [1.165, 1.54) is 24.5 Å². The fraction of sp³-hybridized carbons (Fsp3) is 0.250. The van der Waals surface area contributed by atoms with Crippen molar-refractivity contribution < 1.29 is 17.9 Å². The highest BCUT2D eigenvalue weighted by Gasteiger charge is 2.24. The third-order valence-electron chi connectivity index (χ3n) is 3.44. The Morgan fingerprint density at radius 1 is 1.35 bits per heavy atom. The fourth-order valence-corrected chi connectivity index (χ4v) is 5.46. The molecule has 0 unspecified atom stereocenters. The van der Waals surface area contributed by atoms with Gasteiger partial charge in [0.2, 0.25) is 5.91 Å². The molecule has 26 heavy (non-hydrogen) atoms. The standard InChI is InChI=1S/C16H17N3O4S3/c1-3-23-11-6-7-12-13(9-11)25-16(17-12)18-14(20)10-19(2)26(21,22)15-5-4-8-24-15/h4-9H,3,10H2,1-2H3,(H,17,18,20). The lowest BCUT2D eigenvalue weighted by molar-refractivity contribution is -0.116. The quantitative estimate of drug-likeness (QED) is 0.646. The largest absolute Gasteiger partial charge is 0.494 e. The first-order valence-corrected chi connectivity index (χ1v) is 10.9. The van der Waals surface area contributed by atoms with Gasteiger partial charge in [-0.2, -0.15) is 4.31 Å². The summed E-state index contributed by atoms with van der Waals surface area (Å²) < 4.78 is 32.3. The molecule has 1 N–H and O–H groups in total. The number of sulfonamides is 1. The lowest BCUT2D eigenvalue weighted by atomic mass is 10.3. The summed E-state index contributed by atoms with van der Waals surface area (Å²) in [5.41, 5.74) is 0.744. The van der Waals surface area contributed by atoms with E-state index < -0.39 is 15.9 Å². The van der Waals surface area contributed by atoms with Crippen LogP contribution in [0.2, 0.25) is 0 Å². The van der Waals surface area contributed by atoms with Crippen molar-refractivity contribution in [3.63, 3.8) is 0 Å². The number of hydrogen-bond donors (Lipinski definition) is 1. The highest BCUT2D eigenvalue weighted by Crippen LogP contribution is 2.29. The predicted molar refractivity (Wildman–Crippen MR) is 104 cm³/mol. The average molecular weight is 412 g/mol. The number of aromatic nitrogens is 1. The molecule has 0 radical (unpaired) electrons. The number of rotatable bonds is 7. The second-order valence-corrected chi connectivity index (χ2v) is 9.57. The van der Waals surface area contributed by atoms with Gasteiger partial charge in [-0.05, 0) is 36.6 Å². The first kappa shape index (κ1) is 18.8. The summed E-state index contributed by atoms with van der Waals surface area (Å²) in [6, 6.07) is 8.67. The minimum atomic E-state index is -3.66. The topological polar surface area (TPSA) is 88.6 Å². The lowest BCUT2D eigenvalue weighted by Crippen LogP contribution is -2.34. The third kappa shape index (κ3) is 4.04. The Hall–Kier alpha value is -2.01. The summed E-state index contributed by atoms with van der Waals surface area (Å²) in [7, 11) is -2.29. The zero-order valence-electron chi connectivity index (χ0n) is 14.1. The predicted octanol–water partition coefficient (Wildman–Crippen LogP) is 3.02. The highest BCUT2D eigenvalue weighted by molar-refractivity contribution is 7.91. The molecule has 0 aliphatic rings. The summed E-state index contributed by atoms with van der Waals surface area (Å²) in [5.74, 6) is 0.292. The third-order valence-corrected chi connectivity index (χ3v) is 7.55. The highest BCUT2D eigenvalue weighted by atomic mass is 32.2. The Bertz CT molecular complexity index is 1010. The smallest absolute Gasteiger partial charge is 0.252 e. The van der Waals surface area contributed by atoms with E-state index in [-0.39, 0.29) is 10.8 Å². The molecule has 0 aliphatic heterocycles. The van der Waals surface area contributed by atoms with Crippen LogP contribution in [0, 0.1) is 0 Å². The number of carbonyl (C=O) groups excluding carboxylic acids is 1. The van der Waals surface area contributed by atoms with E-state index in [9.17, 15) is 13.2 Å². The number of ether oxygens (including phenoxy) is 1. The first-order chi connectivity index (χ1) is 12.4. The fourth-order valence-electron chi connectivity index (χ4n) is 2.22. The van der Waals surface area contributed by atoms with Gasteiger partial charge < -0.3 is 10.1 Å². The molecule has 0 atom stereocenters. The molecule has 3 rings (SSSR count). The molecule has 2 aromatic heterocycles. The molecule has 1 aromatic carbocycles. The Morgan fingerprint density at radius 3 is 2.85 bits per heavy atom. The van der Waals surface area contributed by atoms with Crippen LogP contribution < -0.4 is 10.1 Å². The van der Waals surface area contributed by atoms with E-state index >= 15 is 0 Å². The molecule has 0 saturated carbocycles. The minimum absolute atomic E-state index is 0.205. The number of thiophene rings is 1. The van der Waals surface area contributed by atoms with Crippen LogP contribution in [0.4, 0.5) is 5.13 Å². The molecule has 3 aromatic rings. The second kappa shape index (κ2) is 7.70. The van der Waals surface area contributed by atoms with Crippen LogP contribution in [-0.2, 0) is 14.8 Å². The van der Waals surface area contributed by atoms with Gasteiger partial charge in [-0.15, -0.1) is 11.3 Å². The molecule has 1 amide bonds. The molecule has 10 heteroatoms. The number of anilines is 1. The van der Waals surface area contributed by atoms with E-state index in [1.807, 2.05) is 25.1 Å². The molecule has 0 saturated heterocycles. The lowest BCUT2D eigenvalue weighted by Gasteiger charge is -2.14. The molecule has 0 bridgehead atoms. The minimum Gasteiger partial charge on any atom is -0.494 e. The number of amides is 1. The number of nitrogens with one attached hydrogen (secondary N) is 1. The van der Waals surface area contributed by atoms with Gasteiger partial charge in [-0.1, -0.05) is 17.4 Å². The van der Waals surface area contributed by atoms with Crippen LogP contribution in [0.1, 0.15) is 6.92 Å². The van der Waals surface area contributed by atoms with Gasteiger partial charge in [0.15, 0.2) is 5.13 Å². The maximum Gasteiger partial charge on any atom is 0.252 e. The SMILES string of the molecule is CCOc1ccc2nc(NC(=O)CN(C)S(=O)(=O)c3cccs3)sc2c1. The van der Waals surface area contributed by atoms with Crippen LogP contribution in [0.5, 0.6) is 5.75 Å². The number of fused-ring (bicyclic) bond motifs is 1. The maximum absolute atomic E-state index is 12.4. The van der Waals surface area contributed by atoms with E-state index in [0.29, 0.717) is 11.7 Å². The van der Waals surface area contributed by atoms with Crippen LogP contribution >= 0.6 is 22.7 Å². The second-order valence-electron chi connectivity index (χ2n) is 5.32. The Labute approximate surface area is 159 Å². The van der Waals surface area contributed by atoms with Crippen molar-refractivity contribution in [1.82, 2.24) is 9.29 Å². The molecular formula is C16H17N3O4S3. The van der Waals surface area contributed by atoms with Crippen molar-refractivity contribution in [2.45, 2.75) is 11.1 Å². The zero-order chi connectivity index (χ0) is 18.7. The molecule has 0 fully saturated rings. The Balaban J connectivity index is 1.69. The van der Waals surface area contributed by atoms with Gasteiger partial charge >= 0.3 is 0 Å². The van der Waals surface area contributed by atoms with Gasteiger partial charge in [0.05, 0.1) is 23.4 Å². The van der Waals surface area contributed by atoms with Gasteiger partial charge in [-0.25, -0.2) is 13.4 Å². The normalized spacial score (nSPS) is 11.8. The Kier molecular flexibility index (Phi) is 5.56. The number of likely N-dealkylation sites (N-methyl/N-ethyl adjacent to an activating group) is 1. The van der Waals surface area contributed by atoms with Crippen molar-refractivity contribution in [3.8, 4) is 5.75 Å². The Morgan fingerprint density at radius 2 is 2.15 bits per heavy atom. The van der Waals surface area contributed by atoms with E-state index in [1.54, 1.807) is 11.4 Å². The molecule has 0 aliphatic carbocycles. The number of benzene rings is 1. The van der Waals surface area contributed by atoms with Crippen molar-refractivity contribution in [2.24, 2.45) is 0 Å². The summed E-state index contributed by atoms with van der Waals surface area (Å²) >= 11 is 2.42. The summed E-state index contributed by atoms with van der Waals surface area (Å²) in [6.07, 6.45) is 0. The van der Waals surface area contributed by atoms with E-state index in [0.717, 1.165) is 31.6 Å².